The van der Waals surface area contributed by atoms with E-state index in [4.69, 9.17) is 5.11 Å². The maximum absolute atomic E-state index is 13.8. The summed E-state index contributed by atoms with van der Waals surface area (Å²) in [6.45, 7) is 0.0962. The number of aromatic amines is 1. The molecule has 0 bridgehead atoms. The molecule has 0 fully saturated rings. The number of aromatic nitrogens is 3. The van der Waals surface area contributed by atoms with E-state index in [2.05, 4.69) is 20.5 Å². The fraction of sp³-hybridized carbons (Fsp3) is 0.0769. The number of carboxylic acids is 1. The van der Waals surface area contributed by atoms with Gasteiger partial charge in [0, 0.05) is 6.08 Å². The van der Waals surface area contributed by atoms with Crippen LogP contribution in [0.5, 0.6) is 0 Å². The Kier molecular flexibility index (Phi) is 4.39. The molecular formula is C13H11FN4O3. The van der Waals surface area contributed by atoms with Crippen LogP contribution in [0.25, 0.3) is 6.08 Å². The van der Waals surface area contributed by atoms with Crippen LogP contribution >= 0.6 is 0 Å². The molecule has 1 heterocycles. The molecule has 2 rings (SSSR count). The van der Waals surface area contributed by atoms with Crippen LogP contribution in [0.4, 0.5) is 4.39 Å². The van der Waals surface area contributed by atoms with E-state index < -0.39 is 17.7 Å². The number of H-pyrrole nitrogens is 1. The van der Waals surface area contributed by atoms with Gasteiger partial charge in [-0.3, -0.25) is 9.89 Å². The van der Waals surface area contributed by atoms with Crippen LogP contribution in [-0.4, -0.2) is 32.2 Å². The van der Waals surface area contributed by atoms with Crippen molar-refractivity contribution in [3.63, 3.8) is 0 Å². The van der Waals surface area contributed by atoms with Crippen LogP contribution in [0.3, 0.4) is 0 Å². The highest BCUT2D eigenvalue weighted by Gasteiger charge is 2.12. The molecule has 3 N–H and O–H groups in total. The molecule has 1 aromatic carbocycles. The van der Waals surface area contributed by atoms with Gasteiger partial charge in [0.05, 0.1) is 12.1 Å². The van der Waals surface area contributed by atoms with E-state index in [-0.39, 0.29) is 12.1 Å². The topological polar surface area (TPSA) is 108 Å². The molecule has 108 valence electrons. The first-order chi connectivity index (χ1) is 10.1. The Hall–Kier alpha value is -3.03. The molecule has 0 unspecified atom stereocenters. The van der Waals surface area contributed by atoms with Crippen molar-refractivity contribution in [2.24, 2.45) is 0 Å². The lowest BCUT2D eigenvalue weighted by Crippen LogP contribution is -2.24. The zero-order valence-electron chi connectivity index (χ0n) is 10.7. The minimum Gasteiger partial charge on any atom is -0.478 e. The van der Waals surface area contributed by atoms with Crippen molar-refractivity contribution in [2.45, 2.75) is 6.54 Å². The molecule has 0 aliphatic heterocycles. The number of hydrogen-bond donors (Lipinski definition) is 3. The summed E-state index contributed by atoms with van der Waals surface area (Å²) in [6.07, 6.45) is 3.42. The second-order valence-corrected chi connectivity index (χ2v) is 4.03. The average Bonchev–Trinajstić information content (AvgIpc) is 2.96. The van der Waals surface area contributed by atoms with Crippen molar-refractivity contribution < 1.29 is 19.1 Å². The molecule has 0 saturated heterocycles. The zero-order chi connectivity index (χ0) is 15.2. The maximum Gasteiger partial charge on any atom is 0.328 e. The number of rotatable bonds is 5. The number of carbonyl (C=O) groups excluding carboxylic acids is 1. The van der Waals surface area contributed by atoms with Gasteiger partial charge >= 0.3 is 5.97 Å². The van der Waals surface area contributed by atoms with E-state index >= 15 is 0 Å². The van der Waals surface area contributed by atoms with Crippen molar-refractivity contribution in [3.8, 4) is 0 Å². The van der Waals surface area contributed by atoms with Crippen molar-refractivity contribution in [1.82, 2.24) is 20.5 Å². The molecule has 2 aromatic rings. The second kappa shape index (κ2) is 6.42. The molecular weight excluding hydrogens is 279 g/mol. The Morgan fingerprint density at radius 1 is 1.43 bits per heavy atom. The van der Waals surface area contributed by atoms with Crippen LogP contribution in [0, 0.1) is 5.82 Å². The summed E-state index contributed by atoms with van der Waals surface area (Å²) in [5.74, 6) is -2.02. The highest BCUT2D eigenvalue weighted by Crippen LogP contribution is 2.12. The number of halogens is 1. The van der Waals surface area contributed by atoms with Crippen molar-refractivity contribution in [2.75, 3.05) is 0 Å². The fourth-order valence-electron chi connectivity index (χ4n) is 1.56. The predicted octanol–water partition coefficient (Wildman–Crippen LogP) is 0.972. The minimum absolute atomic E-state index is 0.0962. The standard InChI is InChI=1S/C13H11FN4O3/c14-10-5-8(2-4-12(19)20)1-3-9(10)13(21)15-6-11-16-7-17-18-11/h1-5,7H,6H2,(H,15,21)(H,19,20)(H,16,17,18). The fourth-order valence-corrected chi connectivity index (χ4v) is 1.56. The van der Waals surface area contributed by atoms with Crippen LogP contribution in [0.1, 0.15) is 21.7 Å². The summed E-state index contributed by atoms with van der Waals surface area (Å²) < 4.78 is 13.8. The van der Waals surface area contributed by atoms with Crippen LogP contribution in [-0.2, 0) is 11.3 Å². The molecule has 0 aliphatic rings. The number of nitrogens with one attached hydrogen (secondary N) is 2. The zero-order valence-corrected chi connectivity index (χ0v) is 10.7. The third-order valence-electron chi connectivity index (χ3n) is 2.54. The molecule has 0 saturated carbocycles. The Bertz CT molecular complexity index is 683. The Morgan fingerprint density at radius 3 is 2.86 bits per heavy atom. The minimum atomic E-state index is -1.13. The highest BCUT2D eigenvalue weighted by atomic mass is 19.1. The third kappa shape index (κ3) is 3.96. The Labute approximate surface area is 118 Å². The molecule has 0 spiro atoms. The Balaban J connectivity index is 2.05. The molecule has 21 heavy (non-hydrogen) atoms. The first-order valence-electron chi connectivity index (χ1n) is 5.89. The van der Waals surface area contributed by atoms with Gasteiger partial charge < -0.3 is 10.4 Å². The van der Waals surface area contributed by atoms with Gasteiger partial charge in [0.1, 0.15) is 18.0 Å². The number of hydrogen-bond acceptors (Lipinski definition) is 4. The van der Waals surface area contributed by atoms with Crippen molar-refractivity contribution in [3.05, 3.63) is 53.4 Å². The molecule has 7 nitrogen and oxygen atoms in total. The van der Waals surface area contributed by atoms with E-state index in [1.54, 1.807) is 0 Å². The lowest BCUT2D eigenvalue weighted by molar-refractivity contribution is -0.131. The summed E-state index contributed by atoms with van der Waals surface area (Å²) in [5.41, 5.74) is 0.212. The lowest BCUT2D eigenvalue weighted by Gasteiger charge is -2.05. The van der Waals surface area contributed by atoms with Crippen molar-refractivity contribution >= 4 is 18.0 Å². The first-order valence-corrected chi connectivity index (χ1v) is 5.89. The summed E-state index contributed by atoms with van der Waals surface area (Å²) in [6, 6.07) is 3.82. The lowest BCUT2D eigenvalue weighted by atomic mass is 10.1. The van der Waals surface area contributed by atoms with Gasteiger partial charge in [0.15, 0.2) is 0 Å². The van der Waals surface area contributed by atoms with Gasteiger partial charge in [-0.05, 0) is 23.8 Å². The number of benzene rings is 1. The van der Waals surface area contributed by atoms with Gasteiger partial charge in [0.2, 0.25) is 0 Å². The maximum atomic E-state index is 13.8. The van der Waals surface area contributed by atoms with Gasteiger partial charge in [-0.25, -0.2) is 14.2 Å². The van der Waals surface area contributed by atoms with Gasteiger partial charge in [-0.1, -0.05) is 6.07 Å². The third-order valence-corrected chi connectivity index (χ3v) is 2.54. The first kappa shape index (κ1) is 14.4. The van der Waals surface area contributed by atoms with Crippen LogP contribution in [0.2, 0.25) is 0 Å². The normalized spacial score (nSPS) is 10.7. The smallest absolute Gasteiger partial charge is 0.328 e. The molecule has 0 radical (unpaired) electrons. The summed E-state index contributed by atoms with van der Waals surface area (Å²) >= 11 is 0. The number of nitrogens with zero attached hydrogens (tertiary/aromatic N) is 2. The largest absolute Gasteiger partial charge is 0.478 e. The molecule has 1 amide bonds. The molecule has 8 heteroatoms. The summed E-state index contributed by atoms with van der Waals surface area (Å²) in [4.78, 5) is 26.0. The van der Waals surface area contributed by atoms with E-state index in [0.29, 0.717) is 11.4 Å². The van der Waals surface area contributed by atoms with Crippen LogP contribution < -0.4 is 5.32 Å². The monoisotopic (exact) mass is 290 g/mol. The van der Waals surface area contributed by atoms with E-state index in [9.17, 15) is 14.0 Å². The highest BCUT2D eigenvalue weighted by molar-refractivity contribution is 5.94. The van der Waals surface area contributed by atoms with Crippen LogP contribution in [0.15, 0.2) is 30.6 Å². The van der Waals surface area contributed by atoms with E-state index in [1.807, 2.05) is 0 Å². The quantitative estimate of drug-likeness (QED) is 0.711. The Morgan fingerprint density at radius 2 is 2.24 bits per heavy atom. The molecule has 0 atom stereocenters. The number of carboxylic acid groups (broad SMARTS) is 1. The average molecular weight is 290 g/mol. The van der Waals surface area contributed by atoms with Gasteiger partial charge in [-0.2, -0.15) is 5.10 Å². The predicted molar refractivity (Wildman–Crippen MR) is 70.6 cm³/mol. The van der Waals surface area contributed by atoms with Gasteiger partial charge in [0.25, 0.3) is 5.91 Å². The van der Waals surface area contributed by atoms with Gasteiger partial charge in [-0.15, -0.1) is 0 Å². The number of aliphatic carboxylic acids is 1. The molecule has 0 aliphatic carbocycles. The summed E-state index contributed by atoms with van der Waals surface area (Å²) in [5, 5.41) is 17.2. The van der Waals surface area contributed by atoms with Crippen molar-refractivity contribution in [1.29, 1.82) is 0 Å². The SMILES string of the molecule is O=C(O)C=Cc1ccc(C(=O)NCc2ncn[nH]2)c(F)c1. The second-order valence-electron chi connectivity index (χ2n) is 4.03. The number of carbonyl (C=O) groups is 2. The van der Waals surface area contributed by atoms with E-state index in [1.165, 1.54) is 24.5 Å². The number of amides is 1. The van der Waals surface area contributed by atoms with E-state index in [0.717, 1.165) is 12.1 Å². The summed E-state index contributed by atoms with van der Waals surface area (Å²) in [7, 11) is 0. The molecule has 1 aromatic heterocycles.